The normalized spacial score (nSPS) is 13.5. The SMILES string of the molecule is CCCNC(=O)c1cccc(CN2C(=O)CSc3ccccc32)c1. The zero-order chi connectivity index (χ0) is 16.9. The molecule has 124 valence electrons. The molecule has 0 saturated carbocycles. The minimum absolute atomic E-state index is 0.0698. The first-order valence-corrected chi connectivity index (χ1v) is 9.07. The van der Waals surface area contributed by atoms with Crippen LogP contribution in [0, 0.1) is 0 Å². The highest BCUT2D eigenvalue weighted by Gasteiger charge is 2.24. The Balaban J connectivity index is 1.81. The molecule has 5 heteroatoms. The van der Waals surface area contributed by atoms with Gasteiger partial charge in [0, 0.05) is 17.0 Å². The number of carbonyl (C=O) groups excluding carboxylic acids is 2. The molecule has 2 aromatic rings. The number of benzene rings is 2. The van der Waals surface area contributed by atoms with Gasteiger partial charge in [-0.2, -0.15) is 0 Å². The second-order valence-corrected chi connectivity index (χ2v) is 6.71. The summed E-state index contributed by atoms with van der Waals surface area (Å²) in [6, 6.07) is 15.4. The lowest BCUT2D eigenvalue weighted by atomic mass is 10.1. The van der Waals surface area contributed by atoms with Crippen LogP contribution in [0.25, 0.3) is 0 Å². The molecule has 1 heterocycles. The number of hydrogen-bond donors (Lipinski definition) is 1. The molecule has 0 atom stereocenters. The first kappa shape index (κ1) is 16.6. The van der Waals surface area contributed by atoms with Gasteiger partial charge in [0.25, 0.3) is 5.91 Å². The summed E-state index contributed by atoms with van der Waals surface area (Å²) >= 11 is 1.57. The van der Waals surface area contributed by atoms with Gasteiger partial charge in [-0.1, -0.05) is 31.2 Å². The van der Waals surface area contributed by atoms with Crippen LogP contribution in [0.5, 0.6) is 0 Å². The lowest BCUT2D eigenvalue weighted by molar-refractivity contribution is -0.116. The molecule has 0 spiro atoms. The van der Waals surface area contributed by atoms with Crippen LogP contribution in [0.4, 0.5) is 5.69 Å². The van der Waals surface area contributed by atoms with Crippen molar-refractivity contribution >= 4 is 29.3 Å². The highest BCUT2D eigenvalue weighted by Crippen LogP contribution is 2.35. The fraction of sp³-hybridized carbons (Fsp3) is 0.263. The fourth-order valence-corrected chi connectivity index (χ4v) is 3.60. The van der Waals surface area contributed by atoms with Gasteiger partial charge in [-0.25, -0.2) is 0 Å². The molecule has 0 radical (unpaired) electrons. The first-order chi connectivity index (χ1) is 11.7. The van der Waals surface area contributed by atoms with Crippen molar-refractivity contribution in [1.29, 1.82) is 0 Å². The molecule has 1 aliphatic rings. The number of thioether (sulfide) groups is 1. The molecule has 2 amide bonds. The Morgan fingerprint density at radius 1 is 1.21 bits per heavy atom. The summed E-state index contributed by atoms with van der Waals surface area (Å²) in [5, 5.41) is 2.88. The van der Waals surface area contributed by atoms with Crippen molar-refractivity contribution < 1.29 is 9.59 Å². The average Bonchev–Trinajstić information content (AvgIpc) is 2.62. The molecule has 0 unspecified atom stereocenters. The zero-order valence-electron chi connectivity index (χ0n) is 13.6. The summed E-state index contributed by atoms with van der Waals surface area (Å²) in [6.45, 7) is 3.16. The molecule has 0 saturated heterocycles. The molecule has 2 aromatic carbocycles. The van der Waals surface area contributed by atoms with Crippen molar-refractivity contribution in [3.63, 3.8) is 0 Å². The third kappa shape index (κ3) is 3.62. The Kier molecular flexibility index (Phi) is 5.20. The highest BCUT2D eigenvalue weighted by atomic mass is 32.2. The lowest BCUT2D eigenvalue weighted by Gasteiger charge is -2.29. The lowest BCUT2D eigenvalue weighted by Crippen LogP contribution is -2.34. The van der Waals surface area contributed by atoms with E-state index in [1.165, 1.54) is 0 Å². The standard InChI is InChI=1S/C19H20N2O2S/c1-2-10-20-19(23)15-7-5-6-14(11-15)12-21-16-8-3-4-9-17(16)24-13-18(21)22/h3-9,11H,2,10,12-13H2,1H3,(H,20,23). The summed E-state index contributed by atoms with van der Waals surface area (Å²) < 4.78 is 0. The predicted molar refractivity (Wildman–Crippen MR) is 97.4 cm³/mol. The van der Waals surface area contributed by atoms with Crippen LogP contribution in [0.3, 0.4) is 0 Å². The van der Waals surface area contributed by atoms with E-state index in [4.69, 9.17) is 0 Å². The molecule has 0 aromatic heterocycles. The monoisotopic (exact) mass is 340 g/mol. The van der Waals surface area contributed by atoms with Crippen molar-refractivity contribution in [2.75, 3.05) is 17.2 Å². The Morgan fingerprint density at radius 2 is 2.04 bits per heavy atom. The topological polar surface area (TPSA) is 49.4 Å². The van der Waals surface area contributed by atoms with E-state index in [1.807, 2.05) is 49.4 Å². The third-order valence-electron chi connectivity index (χ3n) is 3.87. The maximum atomic E-state index is 12.3. The third-order valence-corrected chi connectivity index (χ3v) is 4.92. The zero-order valence-corrected chi connectivity index (χ0v) is 14.4. The maximum absolute atomic E-state index is 12.3. The van der Waals surface area contributed by atoms with Gasteiger partial charge >= 0.3 is 0 Å². The van der Waals surface area contributed by atoms with Crippen molar-refractivity contribution in [2.45, 2.75) is 24.8 Å². The number of hydrogen-bond acceptors (Lipinski definition) is 3. The van der Waals surface area contributed by atoms with E-state index >= 15 is 0 Å². The van der Waals surface area contributed by atoms with Crippen LogP contribution < -0.4 is 10.2 Å². The summed E-state index contributed by atoms with van der Waals surface area (Å²) in [4.78, 5) is 27.4. The molecular formula is C19H20N2O2S. The fourth-order valence-electron chi connectivity index (χ4n) is 2.66. The smallest absolute Gasteiger partial charge is 0.251 e. The van der Waals surface area contributed by atoms with E-state index in [1.54, 1.807) is 22.7 Å². The van der Waals surface area contributed by atoms with Gasteiger partial charge in [0.05, 0.1) is 18.0 Å². The van der Waals surface area contributed by atoms with Crippen LogP contribution in [0.1, 0.15) is 29.3 Å². The van der Waals surface area contributed by atoms with Gasteiger partial charge in [0.1, 0.15) is 0 Å². The van der Waals surface area contributed by atoms with E-state index in [-0.39, 0.29) is 11.8 Å². The first-order valence-electron chi connectivity index (χ1n) is 8.08. The summed E-state index contributed by atoms with van der Waals surface area (Å²) in [7, 11) is 0. The number of nitrogens with one attached hydrogen (secondary N) is 1. The van der Waals surface area contributed by atoms with E-state index in [0.29, 0.717) is 24.4 Å². The number of rotatable bonds is 5. The van der Waals surface area contributed by atoms with E-state index in [9.17, 15) is 9.59 Å². The van der Waals surface area contributed by atoms with Crippen molar-refractivity contribution in [3.05, 3.63) is 59.7 Å². The van der Waals surface area contributed by atoms with Crippen LogP contribution in [0.15, 0.2) is 53.4 Å². The number of carbonyl (C=O) groups is 2. The molecule has 1 aliphatic heterocycles. The van der Waals surface area contributed by atoms with Crippen molar-refractivity contribution in [3.8, 4) is 0 Å². The second kappa shape index (κ2) is 7.53. The number of para-hydroxylation sites is 1. The maximum Gasteiger partial charge on any atom is 0.251 e. The molecule has 3 rings (SSSR count). The van der Waals surface area contributed by atoms with Crippen molar-refractivity contribution in [2.24, 2.45) is 0 Å². The van der Waals surface area contributed by atoms with Crippen LogP contribution in [-0.2, 0) is 11.3 Å². The number of fused-ring (bicyclic) bond motifs is 1. The summed E-state index contributed by atoms with van der Waals surface area (Å²) in [5.41, 5.74) is 2.53. The van der Waals surface area contributed by atoms with Crippen LogP contribution >= 0.6 is 11.8 Å². The van der Waals surface area contributed by atoms with Gasteiger partial charge in [0.15, 0.2) is 0 Å². The Bertz CT molecular complexity index is 761. The second-order valence-electron chi connectivity index (χ2n) is 5.69. The quantitative estimate of drug-likeness (QED) is 0.907. The number of anilines is 1. The van der Waals surface area contributed by atoms with Crippen LogP contribution in [0.2, 0.25) is 0 Å². The van der Waals surface area contributed by atoms with Gasteiger partial charge in [-0.15, -0.1) is 11.8 Å². The minimum Gasteiger partial charge on any atom is -0.352 e. The molecular weight excluding hydrogens is 320 g/mol. The molecule has 4 nitrogen and oxygen atoms in total. The molecule has 0 bridgehead atoms. The summed E-state index contributed by atoms with van der Waals surface area (Å²) in [5.74, 6) is 0.479. The van der Waals surface area contributed by atoms with Gasteiger partial charge in [-0.3, -0.25) is 9.59 Å². The Morgan fingerprint density at radius 3 is 2.88 bits per heavy atom. The van der Waals surface area contributed by atoms with Gasteiger partial charge < -0.3 is 10.2 Å². The van der Waals surface area contributed by atoms with E-state index < -0.39 is 0 Å². The Labute approximate surface area is 146 Å². The largest absolute Gasteiger partial charge is 0.352 e. The van der Waals surface area contributed by atoms with E-state index in [2.05, 4.69) is 5.32 Å². The molecule has 0 aliphatic carbocycles. The predicted octanol–water partition coefficient (Wildman–Crippen LogP) is 3.47. The minimum atomic E-state index is -0.0698. The molecule has 1 N–H and O–H groups in total. The molecule has 0 fully saturated rings. The van der Waals surface area contributed by atoms with Gasteiger partial charge in [0.2, 0.25) is 5.91 Å². The summed E-state index contributed by atoms with van der Waals surface area (Å²) in [6.07, 6.45) is 0.905. The van der Waals surface area contributed by atoms with Crippen molar-refractivity contribution in [1.82, 2.24) is 5.32 Å². The van der Waals surface area contributed by atoms with Gasteiger partial charge in [-0.05, 0) is 36.2 Å². The van der Waals surface area contributed by atoms with E-state index in [0.717, 1.165) is 22.6 Å². The number of nitrogens with zero attached hydrogens (tertiary/aromatic N) is 1. The average molecular weight is 340 g/mol. The number of amides is 2. The molecule has 24 heavy (non-hydrogen) atoms. The highest BCUT2D eigenvalue weighted by molar-refractivity contribution is 8.00. The van der Waals surface area contributed by atoms with Crippen LogP contribution in [-0.4, -0.2) is 24.1 Å². The Hall–Kier alpha value is -2.27.